The summed E-state index contributed by atoms with van der Waals surface area (Å²) in [6, 6.07) is 0. The summed E-state index contributed by atoms with van der Waals surface area (Å²) in [5.74, 6) is 0.247. The Kier molecular flexibility index (Phi) is 4.63. The van der Waals surface area contributed by atoms with Crippen molar-refractivity contribution in [3.63, 3.8) is 0 Å². The predicted molar refractivity (Wildman–Crippen MR) is 55.6 cm³/mol. The maximum absolute atomic E-state index is 11.0. The van der Waals surface area contributed by atoms with Crippen LogP contribution in [0.3, 0.4) is 0 Å². The Morgan fingerprint density at radius 2 is 2.14 bits per heavy atom. The number of hydrogen-bond donors (Lipinski definition) is 2. The monoisotopic (exact) mass is 241 g/mol. The molecule has 1 aliphatic carbocycles. The summed E-state index contributed by atoms with van der Waals surface area (Å²) in [5.41, 5.74) is 0. The molecule has 1 saturated carbocycles. The minimum Gasteiger partial charge on any atom is -0.393 e. The van der Waals surface area contributed by atoms with Gasteiger partial charge in [-0.1, -0.05) is 6.42 Å². The van der Waals surface area contributed by atoms with E-state index in [1.807, 2.05) is 0 Å². The van der Waals surface area contributed by atoms with Crippen molar-refractivity contribution in [3.8, 4) is 0 Å². The lowest BCUT2D eigenvalue weighted by Crippen LogP contribution is -2.33. The molecule has 0 aromatic carbocycles. The van der Waals surface area contributed by atoms with Crippen LogP contribution >= 0.6 is 11.6 Å². The maximum atomic E-state index is 11.0. The van der Waals surface area contributed by atoms with Gasteiger partial charge in [-0.3, -0.25) is 0 Å². The van der Waals surface area contributed by atoms with Crippen LogP contribution < -0.4 is 4.72 Å². The normalized spacial score (nSPS) is 29.0. The highest BCUT2D eigenvalue weighted by molar-refractivity contribution is 7.90. The van der Waals surface area contributed by atoms with Crippen LogP contribution in [0, 0.1) is 5.92 Å². The average molecular weight is 242 g/mol. The van der Waals surface area contributed by atoms with Gasteiger partial charge in [0, 0.05) is 6.54 Å². The van der Waals surface area contributed by atoms with Crippen molar-refractivity contribution in [2.45, 2.75) is 31.8 Å². The van der Waals surface area contributed by atoms with Crippen molar-refractivity contribution >= 4 is 21.6 Å². The Morgan fingerprint density at radius 3 is 2.71 bits per heavy atom. The van der Waals surface area contributed by atoms with Crippen LogP contribution in [0.5, 0.6) is 0 Å². The summed E-state index contributed by atoms with van der Waals surface area (Å²) in [5, 5.41) is 8.96. The van der Waals surface area contributed by atoms with Gasteiger partial charge in [0.15, 0.2) is 0 Å². The summed E-state index contributed by atoms with van der Waals surface area (Å²) < 4.78 is 24.5. The van der Waals surface area contributed by atoms with E-state index in [9.17, 15) is 13.5 Å². The van der Waals surface area contributed by atoms with E-state index in [1.165, 1.54) is 0 Å². The molecule has 1 aliphatic rings. The second-order valence-corrected chi connectivity index (χ2v) is 6.15. The zero-order valence-corrected chi connectivity index (χ0v) is 9.52. The molecular formula is C8H16ClNO3S. The molecule has 14 heavy (non-hydrogen) atoms. The van der Waals surface area contributed by atoms with E-state index in [0.717, 1.165) is 19.3 Å². The second kappa shape index (κ2) is 5.30. The van der Waals surface area contributed by atoms with Crippen molar-refractivity contribution in [3.05, 3.63) is 0 Å². The molecular weight excluding hydrogens is 226 g/mol. The average Bonchev–Trinajstić information content (AvgIpc) is 2.15. The molecule has 0 heterocycles. The molecule has 0 aromatic heterocycles. The van der Waals surface area contributed by atoms with Crippen LogP contribution in [0.4, 0.5) is 0 Å². The Morgan fingerprint density at radius 1 is 1.43 bits per heavy atom. The SMILES string of the molecule is O=S(=O)(CCl)NCC1CCCC(O)C1. The third-order valence-electron chi connectivity index (χ3n) is 2.49. The summed E-state index contributed by atoms with van der Waals surface area (Å²) >= 11 is 5.24. The lowest BCUT2D eigenvalue weighted by atomic mass is 9.87. The number of aliphatic hydroxyl groups excluding tert-OH is 1. The topological polar surface area (TPSA) is 66.4 Å². The third kappa shape index (κ3) is 4.13. The second-order valence-electron chi connectivity index (χ2n) is 3.76. The van der Waals surface area contributed by atoms with Crippen molar-refractivity contribution in [2.24, 2.45) is 5.92 Å². The number of hydrogen-bond acceptors (Lipinski definition) is 3. The fourth-order valence-electron chi connectivity index (χ4n) is 1.73. The number of nitrogens with one attached hydrogen (secondary N) is 1. The first-order valence-corrected chi connectivity index (χ1v) is 6.93. The van der Waals surface area contributed by atoms with E-state index in [1.54, 1.807) is 0 Å². The van der Waals surface area contributed by atoms with Gasteiger partial charge < -0.3 is 5.11 Å². The van der Waals surface area contributed by atoms with Crippen molar-refractivity contribution in [1.29, 1.82) is 0 Å². The smallest absolute Gasteiger partial charge is 0.225 e. The van der Waals surface area contributed by atoms with Crippen LogP contribution in [-0.4, -0.2) is 31.4 Å². The van der Waals surface area contributed by atoms with Gasteiger partial charge in [0.25, 0.3) is 0 Å². The number of sulfonamides is 1. The molecule has 0 aliphatic heterocycles. The number of alkyl halides is 1. The highest BCUT2D eigenvalue weighted by atomic mass is 35.5. The highest BCUT2D eigenvalue weighted by Gasteiger charge is 2.21. The van der Waals surface area contributed by atoms with Crippen molar-refractivity contribution in [2.75, 3.05) is 11.8 Å². The molecule has 0 amide bonds. The molecule has 2 unspecified atom stereocenters. The van der Waals surface area contributed by atoms with Gasteiger partial charge in [0.1, 0.15) is 5.21 Å². The van der Waals surface area contributed by atoms with E-state index < -0.39 is 15.2 Å². The largest absolute Gasteiger partial charge is 0.393 e. The van der Waals surface area contributed by atoms with Crippen LogP contribution in [0.15, 0.2) is 0 Å². The fourth-order valence-corrected chi connectivity index (χ4v) is 2.53. The predicted octanol–water partition coefficient (Wildman–Crippen LogP) is 0.653. The standard InChI is InChI=1S/C8H16ClNO3S/c9-6-14(12,13)10-5-7-2-1-3-8(11)4-7/h7-8,10-11H,1-6H2. The molecule has 1 rings (SSSR count). The zero-order valence-electron chi connectivity index (χ0n) is 7.95. The molecule has 0 radical (unpaired) electrons. The Bertz CT molecular complexity index is 268. The van der Waals surface area contributed by atoms with Gasteiger partial charge in [-0.05, 0) is 25.2 Å². The molecule has 84 valence electrons. The van der Waals surface area contributed by atoms with Crippen molar-refractivity contribution < 1.29 is 13.5 Å². The molecule has 0 aromatic rings. The molecule has 0 saturated heterocycles. The molecule has 6 heteroatoms. The Balaban J connectivity index is 2.31. The lowest BCUT2D eigenvalue weighted by molar-refractivity contribution is 0.102. The summed E-state index contributed by atoms with van der Waals surface area (Å²) in [6.07, 6.45) is 3.19. The first-order chi connectivity index (χ1) is 6.53. The molecule has 0 spiro atoms. The zero-order chi connectivity index (χ0) is 10.6. The first-order valence-electron chi connectivity index (χ1n) is 4.75. The van der Waals surface area contributed by atoms with Gasteiger partial charge in [0.2, 0.25) is 10.0 Å². The fraction of sp³-hybridized carbons (Fsp3) is 1.00. The highest BCUT2D eigenvalue weighted by Crippen LogP contribution is 2.23. The Labute approximate surface area is 89.7 Å². The molecule has 4 nitrogen and oxygen atoms in total. The van der Waals surface area contributed by atoms with E-state index in [-0.39, 0.29) is 12.0 Å². The molecule has 2 atom stereocenters. The minimum atomic E-state index is -3.30. The van der Waals surface area contributed by atoms with Crippen LogP contribution in [0.25, 0.3) is 0 Å². The van der Waals surface area contributed by atoms with Gasteiger partial charge in [0.05, 0.1) is 6.10 Å². The van der Waals surface area contributed by atoms with Crippen LogP contribution in [0.1, 0.15) is 25.7 Å². The van der Waals surface area contributed by atoms with E-state index in [0.29, 0.717) is 13.0 Å². The van der Waals surface area contributed by atoms with Gasteiger partial charge in [-0.25, -0.2) is 13.1 Å². The lowest BCUT2D eigenvalue weighted by Gasteiger charge is -2.25. The number of rotatable bonds is 4. The number of halogens is 1. The summed E-state index contributed by atoms with van der Waals surface area (Å²) in [7, 11) is -3.30. The van der Waals surface area contributed by atoms with Gasteiger partial charge in [-0.2, -0.15) is 0 Å². The van der Waals surface area contributed by atoms with E-state index in [4.69, 9.17) is 11.6 Å². The summed E-state index contributed by atoms with van der Waals surface area (Å²) in [6.45, 7) is 0.395. The molecule has 1 fully saturated rings. The molecule has 2 N–H and O–H groups in total. The molecule has 0 bridgehead atoms. The Hall–Kier alpha value is 0.160. The quantitative estimate of drug-likeness (QED) is 0.711. The van der Waals surface area contributed by atoms with Crippen LogP contribution in [-0.2, 0) is 10.0 Å². The van der Waals surface area contributed by atoms with Gasteiger partial charge >= 0.3 is 0 Å². The third-order valence-corrected chi connectivity index (χ3v) is 4.25. The van der Waals surface area contributed by atoms with E-state index in [2.05, 4.69) is 4.72 Å². The first kappa shape index (κ1) is 12.2. The summed E-state index contributed by atoms with van der Waals surface area (Å²) in [4.78, 5) is 0. The number of aliphatic hydroxyl groups is 1. The van der Waals surface area contributed by atoms with Crippen LogP contribution in [0.2, 0.25) is 0 Å². The van der Waals surface area contributed by atoms with Gasteiger partial charge in [-0.15, -0.1) is 11.6 Å². The maximum Gasteiger partial charge on any atom is 0.225 e. The van der Waals surface area contributed by atoms with E-state index >= 15 is 0 Å². The van der Waals surface area contributed by atoms with Crippen molar-refractivity contribution in [1.82, 2.24) is 4.72 Å². The minimum absolute atomic E-state index is 0.247.